The van der Waals surface area contributed by atoms with Crippen LogP contribution in [0.1, 0.15) is 19.7 Å². The molecule has 0 saturated heterocycles. The average molecular weight is 314 g/mol. The Labute approximate surface area is 113 Å². The molecule has 1 N–H and O–H groups in total. The van der Waals surface area contributed by atoms with Crippen molar-refractivity contribution in [2.75, 3.05) is 0 Å². The summed E-state index contributed by atoms with van der Waals surface area (Å²) in [5, 5.41) is 7.06. The van der Waals surface area contributed by atoms with E-state index in [4.69, 9.17) is 4.52 Å². The molecule has 0 atom stereocenters. The molecule has 0 unspecified atom stereocenters. The first-order chi connectivity index (χ1) is 8.56. The molecule has 6 heteroatoms. The smallest absolute Gasteiger partial charge is 0.259 e. The van der Waals surface area contributed by atoms with E-state index in [9.17, 15) is 4.39 Å². The highest BCUT2D eigenvalue weighted by Gasteiger charge is 2.12. The van der Waals surface area contributed by atoms with Gasteiger partial charge in [0.15, 0.2) is 5.82 Å². The lowest BCUT2D eigenvalue weighted by molar-refractivity contribution is 0.417. The standard InChI is InChI=1S/C12H13BrFN3O/c1-7(2)15-6-11-16-12(18-17-11)9-4-3-8(14)5-10(9)13/h3-5,7,15H,6H2,1-2H3. The van der Waals surface area contributed by atoms with Crippen molar-refractivity contribution in [2.45, 2.75) is 26.4 Å². The third kappa shape index (κ3) is 3.14. The molecule has 0 spiro atoms. The maximum atomic E-state index is 13.0. The van der Waals surface area contributed by atoms with Gasteiger partial charge < -0.3 is 9.84 Å². The number of benzene rings is 1. The Kier molecular flexibility index (Phi) is 4.08. The maximum Gasteiger partial charge on any atom is 0.259 e. The van der Waals surface area contributed by atoms with Crippen LogP contribution in [0, 0.1) is 5.82 Å². The largest absolute Gasteiger partial charge is 0.334 e. The van der Waals surface area contributed by atoms with Gasteiger partial charge in [-0.1, -0.05) is 19.0 Å². The van der Waals surface area contributed by atoms with Crippen molar-refractivity contribution in [3.8, 4) is 11.5 Å². The van der Waals surface area contributed by atoms with Gasteiger partial charge in [0.05, 0.1) is 12.1 Å². The van der Waals surface area contributed by atoms with E-state index in [-0.39, 0.29) is 5.82 Å². The molecule has 0 aliphatic carbocycles. The Bertz CT molecular complexity index is 542. The lowest BCUT2D eigenvalue weighted by Crippen LogP contribution is -2.22. The normalized spacial score (nSPS) is 11.2. The fourth-order valence-corrected chi connectivity index (χ4v) is 1.91. The number of aromatic nitrogens is 2. The summed E-state index contributed by atoms with van der Waals surface area (Å²) in [7, 11) is 0. The quantitative estimate of drug-likeness (QED) is 0.942. The highest BCUT2D eigenvalue weighted by atomic mass is 79.9. The zero-order valence-corrected chi connectivity index (χ0v) is 11.7. The van der Waals surface area contributed by atoms with E-state index < -0.39 is 0 Å². The van der Waals surface area contributed by atoms with Crippen LogP contribution in [0.2, 0.25) is 0 Å². The summed E-state index contributed by atoms with van der Waals surface area (Å²) in [6.45, 7) is 4.62. The Balaban J connectivity index is 2.18. The van der Waals surface area contributed by atoms with Crippen LogP contribution >= 0.6 is 15.9 Å². The molecule has 0 radical (unpaired) electrons. The topological polar surface area (TPSA) is 51.0 Å². The predicted octanol–water partition coefficient (Wildman–Crippen LogP) is 3.14. The van der Waals surface area contributed by atoms with Gasteiger partial charge >= 0.3 is 0 Å². The van der Waals surface area contributed by atoms with Crippen molar-refractivity contribution >= 4 is 15.9 Å². The van der Waals surface area contributed by atoms with Crippen molar-refractivity contribution in [2.24, 2.45) is 0 Å². The monoisotopic (exact) mass is 313 g/mol. The molecular formula is C12H13BrFN3O. The van der Waals surface area contributed by atoms with E-state index in [0.717, 1.165) is 0 Å². The fraction of sp³-hybridized carbons (Fsp3) is 0.333. The fourth-order valence-electron chi connectivity index (χ4n) is 1.39. The molecule has 0 fully saturated rings. The first-order valence-electron chi connectivity index (χ1n) is 5.57. The third-order valence-electron chi connectivity index (χ3n) is 2.30. The van der Waals surface area contributed by atoms with Gasteiger partial charge in [-0.15, -0.1) is 0 Å². The van der Waals surface area contributed by atoms with Crippen LogP contribution < -0.4 is 5.32 Å². The maximum absolute atomic E-state index is 13.0. The molecule has 96 valence electrons. The molecule has 0 aliphatic rings. The van der Waals surface area contributed by atoms with Gasteiger partial charge in [-0.3, -0.25) is 0 Å². The van der Waals surface area contributed by atoms with Gasteiger partial charge in [-0.05, 0) is 34.1 Å². The summed E-state index contributed by atoms with van der Waals surface area (Å²) < 4.78 is 18.7. The molecule has 18 heavy (non-hydrogen) atoms. The summed E-state index contributed by atoms with van der Waals surface area (Å²) in [5.41, 5.74) is 0.680. The molecule has 2 rings (SSSR count). The Morgan fingerprint density at radius 1 is 1.44 bits per heavy atom. The van der Waals surface area contributed by atoms with E-state index >= 15 is 0 Å². The minimum Gasteiger partial charge on any atom is -0.334 e. The average Bonchev–Trinajstić information content (AvgIpc) is 2.75. The van der Waals surface area contributed by atoms with Gasteiger partial charge in [0.25, 0.3) is 5.89 Å². The lowest BCUT2D eigenvalue weighted by atomic mass is 10.2. The van der Waals surface area contributed by atoms with Gasteiger partial charge in [-0.25, -0.2) is 4.39 Å². The molecule has 0 bridgehead atoms. The minimum absolute atomic E-state index is 0.313. The number of nitrogens with one attached hydrogen (secondary N) is 1. The van der Waals surface area contributed by atoms with E-state index in [1.165, 1.54) is 12.1 Å². The third-order valence-corrected chi connectivity index (χ3v) is 2.95. The summed E-state index contributed by atoms with van der Waals surface area (Å²) in [6, 6.07) is 4.68. The van der Waals surface area contributed by atoms with Gasteiger partial charge in [-0.2, -0.15) is 4.98 Å². The van der Waals surface area contributed by atoms with Crippen molar-refractivity contribution in [1.82, 2.24) is 15.5 Å². The van der Waals surface area contributed by atoms with Crippen molar-refractivity contribution in [3.63, 3.8) is 0 Å². The lowest BCUT2D eigenvalue weighted by Gasteiger charge is -2.03. The Hall–Kier alpha value is -1.27. The number of halogens is 2. The van der Waals surface area contributed by atoms with Crippen LogP contribution in [0.4, 0.5) is 4.39 Å². The van der Waals surface area contributed by atoms with Crippen molar-refractivity contribution in [1.29, 1.82) is 0 Å². The van der Waals surface area contributed by atoms with Crippen LogP contribution in [0.25, 0.3) is 11.5 Å². The van der Waals surface area contributed by atoms with Gasteiger partial charge in [0.2, 0.25) is 0 Å². The first-order valence-corrected chi connectivity index (χ1v) is 6.37. The SMILES string of the molecule is CC(C)NCc1noc(-c2ccc(F)cc2Br)n1. The first kappa shape index (κ1) is 13.2. The number of nitrogens with zero attached hydrogens (tertiary/aromatic N) is 2. The number of rotatable bonds is 4. The van der Waals surface area contributed by atoms with Crippen molar-refractivity contribution in [3.05, 3.63) is 34.3 Å². The highest BCUT2D eigenvalue weighted by Crippen LogP contribution is 2.27. The molecule has 0 amide bonds. The second-order valence-electron chi connectivity index (χ2n) is 4.18. The zero-order chi connectivity index (χ0) is 13.1. The van der Waals surface area contributed by atoms with E-state index in [2.05, 4.69) is 31.4 Å². The molecule has 1 heterocycles. The second-order valence-corrected chi connectivity index (χ2v) is 5.03. The van der Waals surface area contributed by atoms with Crippen LogP contribution in [0.5, 0.6) is 0 Å². The number of hydrogen-bond donors (Lipinski definition) is 1. The minimum atomic E-state index is -0.313. The van der Waals surface area contributed by atoms with Gasteiger partial charge in [0, 0.05) is 10.5 Å². The highest BCUT2D eigenvalue weighted by molar-refractivity contribution is 9.10. The number of hydrogen-bond acceptors (Lipinski definition) is 4. The molecule has 0 aliphatic heterocycles. The molecule has 1 aromatic carbocycles. The molecule has 4 nitrogen and oxygen atoms in total. The van der Waals surface area contributed by atoms with Gasteiger partial charge in [0.1, 0.15) is 5.82 Å². The van der Waals surface area contributed by atoms with E-state index in [0.29, 0.717) is 34.3 Å². The Morgan fingerprint density at radius 2 is 2.22 bits per heavy atom. The van der Waals surface area contributed by atoms with Crippen LogP contribution in [-0.2, 0) is 6.54 Å². The molecular weight excluding hydrogens is 301 g/mol. The van der Waals surface area contributed by atoms with E-state index in [1.807, 2.05) is 13.8 Å². The van der Waals surface area contributed by atoms with E-state index in [1.54, 1.807) is 6.07 Å². The summed E-state index contributed by atoms with van der Waals surface area (Å²) in [4.78, 5) is 4.25. The Morgan fingerprint density at radius 3 is 2.89 bits per heavy atom. The molecule has 1 aromatic heterocycles. The molecule has 0 saturated carbocycles. The predicted molar refractivity (Wildman–Crippen MR) is 69.4 cm³/mol. The van der Waals surface area contributed by atoms with Crippen LogP contribution in [0.3, 0.4) is 0 Å². The second kappa shape index (κ2) is 5.58. The summed E-state index contributed by atoms with van der Waals surface area (Å²) in [5.74, 6) is 0.643. The van der Waals surface area contributed by atoms with Crippen molar-refractivity contribution < 1.29 is 8.91 Å². The summed E-state index contributed by atoms with van der Waals surface area (Å²) >= 11 is 3.27. The van der Waals surface area contributed by atoms with Crippen LogP contribution in [0.15, 0.2) is 27.2 Å². The summed E-state index contributed by atoms with van der Waals surface area (Å²) in [6.07, 6.45) is 0. The zero-order valence-electron chi connectivity index (χ0n) is 10.1. The van der Waals surface area contributed by atoms with Crippen LogP contribution in [-0.4, -0.2) is 16.2 Å². The molecule has 2 aromatic rings.